The molecular weight excluding hydrogens is 176 g/mol. The van der Waals surface area contributed by atoms with E-state index < -0.39 is 0 Å². The van der Waals surface area contributed by atoms with E-state index in [1.54, 1.807) is 0 Å². The lowest BCUT2D eigenvalue weighted by molar-refractivity contribution is 0.148. The van der Waals surface area contributed by atoms with Gasteiger partial charge in [-0.2, -0.15) is 0 Å². The zero-order valence-electron chi connectivity index (χ0n) is 8.69. The Morgan fingerprint density at radius 1 is 1.64 bits per heavy atom. The van der Waals surface area contributed by atoms with E-state index in [-0.39, 0.29) is 6.10 Å². The number of aliphatic hydroxyl groups is 1. The Labute approximate surface area is 84.8 Å². The van der Waals surface area contributed by atoms with Crippen LogP contribution in [0, 0.1) is 5.92 Å². The number of aryl methyl sites for hydroxylation is 1. The molecule has 1 fully saturated rings. The van der Waals surface area contributed by atoms with Crippen molar-refractivity contribution in [2.24, 2.45) is 5.92 Å². The van der Waals surface area contributed by atoms with Crippen molar-refractivity contribution in [3.8, 4) is 0 Å². The first-order valence-corrected chi connectivity index (χ1v) is 5.49. The normalized spacial score (nSPS) is 18.4. The maximum absolute atomic E-state index is 9.80. The molecule has 1 unspecified atom stereocenters. The molecular formula is C11H18N2O. The number of imidazole rings is 1. The fraction of sp³-hybridized carbons (Fsp3) is 0.727. The van der Waals surface area contributed by atoms with Crippen molar-refractivity contribution in [2.75, 3.05) is 0 Å². The summed E-state index contributed by atoms with van der Waals surface area (Å²) in [5.74, 6) is 1.58. The summed E-state index contributed by atoms with van der Waals surface area (Å²) in [5.41, 5.74) is 0. The zero-order valence-corrected chi connectivity index (χ0v) is 8.69. The van der Waals surface area contributed by atoms with E-state index in [9.17, 15) is 5.11 Å². The summed E-state index contributed by atoms with van der Waals surface area (Å²) in [5, 5.41) is 9.80. The van der Waals surface area contributed by atoms with Gasteiger partial charge in [-0.1, -0.05) is 6.92 Å². The Morgan fingerprint density at radius 2 is 2.43 bits per heavy atom. The van der Waals surface area contributed by atoms with E-state index in [4.69, 9.17) is 0 Å². The first-order valence-electron chi connectivity index (χ1n) is 5.49. The molecule has 0 aliphatic heterocycles. The minimum atomic E-state index is -0.173. The maximum atomic E-state index is 9.80. The highest BCUT2D eigenvalue weighted by molar-refractivity contribution is 4.97. The third-order valence-corrected chi connectivity index (χ3v) is 2.82. The van der Waals surface area contributed by atoms with Crippen molar-refractivity contribution in [3.63, 3.8) is 0 Å². The van der Waals surface area contributed by atoms with Crippen LogP contribution >= 0.6 is 0 Å². The number of rotatable bonds is 5. The molecule has 1 heterocycles. The van der Waals surface area contributed by atoms with Crippen LogP contribution in [-0.4, -0.2) is 20.8 Å². The fourth-order valence-electron chi connectivity index (χ4n) is 1.81. The summed E-state index contributed by atoms with van der Waals surface area (Å²) < 4.78 is 2.14. The molecule has 0 spiro atoms. The summed E-state index contributed by atoms with van der Waals surface area (Å²) in [7, 11) is 0. The standard InChI is InChI=1S/C11H18N2O/c1-2-6-13-7-5-12-11(13)8-10(14)9-3-4-9/h5,7,9-10,14H,2-4,6,8H2,1H3. The zero-order chi connectivity index (χ0) is 9.97. The molecule has 0 bridgehead atoms. The van der Waals surface area contributed by atoms with Gasteiger partial charge in [-0.3, -0.25) is 0 Å². The Morgan fingerprint density at radius 3 is 3.07 bits per heavy atom. The molecule has 0 saturated heterocycles. The van der Waals surface area contributed by atoms with E-state index in [1.165, 1.54) is 12.8 Å². The van der Waals surface area contributed by atoms with Crippen LogP contribution in [0.15, 0.2) is 12.4 Å². The molecule has 0 radical (unpaired) electrons. The van der Waals surface area contributed by atoms with Gasteiger partial charge in [0.15, 0.2) is 0 Å². The Balaban J connectivity index is 1.96. The van der Waals surface area contributed by atoms with E-state index in [0.717, 1.165) is 25.2 Å². The van der Waals surface area contributed by atoms with Gasteiger partial charge in [-0.25, -0.2) is 4.98 Å². The highest BCUT2D eigenvalue weighted by atomic mass is 16.3. The molecule has 1 N–H and O–H groups in total. The van der Waals surface area contributed by atoms with Gasteiger partial charge in [0.1, 0.15) is 5.82 Å². The van der Waals surface area contributed by atoms with E-state index in [1.807, 2.05) is 12.4 Å². The van der Waals surface area contributed by atoms with Gasteiger partial charge >= 0.3 is 0 Å². The Hall–Kier alpha value is -0.830. The lowest BCUT2D eigenvalue weighted by Gasteiger charge is -2.10. The average molecular weight is 194 g/mol. The molecule has 14 heavy (non-hydrogen) atoms. The second kappa shape index (κ2) is 4.13. The number of hydrogen-bond donors (Lipinski definition) is 1. The van der Waals surface area contributed by atoms with Gasteiger partial charge in [0.05, 0.1) is 6.10 Å². The molecule has 2 rings (SSSR count). The highest BCUT2D eigenvalue weighted by Gasteiger charge is 2.30. The van der Waals surface area contributed by atoms with Crippen LogP contribution in [0.1, 0.15) is 32.0 Å². The molecule has 0 amide bonds. The Bertz CT molecular complexity index is 291. The predicted octanol–water partition coefficient (Wildman–Crippen LogP) is 1.61. The maximum Gasteiger partial charge on any atom is 0.111 e. The molecule has 3 heteroatoms. The molecule has 1 aromatic heterocycles. The van der Waals surface area contributed by atoms with Gasteiger partial charge in [-0.15, -0.1) is 0 Å². The number of nitrogens with zero attached hydrogens (tertiary/aromatic N) is 2. The van der Waals surface area contributed by atoms with Crippen molar-refractivity contribution in [1.82, 2.24) is 9.55 Å². The van der Waals surface area contributed by atoms with Gasteiger partial charge in [0, 0.05) is 25.4 Å². The van der Waals surface area contributed by atoms with Crippen molar-refractivity contribution < 1.29 is 5.11 Å². The second-order valence-electron chi connectivity index (χ2n) is 4.15. The second-order valence-corrected chi connectivity index (χ2v) is 4.15. The van der Waals surface area contributed by atoms with Gasteiger partial charge in [0.25, 0.3) is 0 Å². The molecule has 1 aliphatic rings. The van der Waals surface area contributed by atoms with E-state index in [0.29, 0.717) is 5.92 Å². The molecule has 78 valence electrons. The summed E-state index contributed by atoms with van der Waals surface area (Å²) in [6, 6.07) is 0. The SMILES string of the molecule is CCCn1ccnc1CC(O)C1CC1. The van der Waals surface area contributed by atoms with Gasteiger partial charge in [-0.05, 0) is 25.2 Å². The number of aliphatic hydroxyl groups excluding tert-OH is 1. The van der Waals surface area contributed by atoms with Crippen molar-refractivity contribution in [1.29, 1.82) is 0 Å². The molecule has 1 atom stereocenters. The fourth-order valence-corrected chi connectivity index (χ4v) is 1.81. The third-order valence-electron chi connectivity index (χ3n) is 2.82. The third kappa shape index (κ3) is 2.15. The summed E-state index contributed by atoms with van der Waals surface area (Å²) in [6.45, 7) is 3.16. The van der Waals surface area contributed by atoms with Crippen molar-refractivity contribution in [3.05, 3.63) is 18.2 Å². The minimum Gasteiger partial charge on any atom is -0.392 e. The summed E-state index contributed by atoms with van der Waals surface area (Å²) >= 11 is 0. The topological polar surface area (TPSA) is 38.0 Å². The first-order chi connectivity index (χ1) is 6.81. The van der Waals surface area contributed by atoms with Crippen LogP contribution in [0.4, 0.5) is 0 Å². The van der Waals surface area contributed by atoms with Crippen LogP contribution in [-0.2, 0) is 13.0 Å². The van der Waals surface area contributed by atoms with Crippen molar-refractivity contribution in [2.45, 2.75) is 45.3 Å². The molecule has 3 nitrogen and oxygen atoms in total. The van der Waals surface area contributed by atoms with E-state index in [2.05, 4.69) is 16.5 Å². The molecule has 1 aliphatic carbocycles. The number of hydrogen-bond acceptors (Lipinski definition) is 2. The lowest BCUT2D eigenvalue weighted by Crippen LogP contribution is -2.16. The van der Waals surface area contributed by atoms with E-state index >= 15 is 0 Å². The monoisotopic (exact) mass is 194 g/mol. The van der Waals surface area contributed by atoms with Crippen LogP contribution < -0.4 is 0 Å². The number of aromatic nitrogens is 2. The minimum absolute atomic E-state index is 0.173. The molecule has 1 aromatic rings. The van der Waals surface area contributed by atoms with Crippen LogP contribution in [0.25, 0.3) is 0 Å². The van der Waals surface area contributed by atoms with Crippen LogP contribution in [0.2, 0.25) is 0 Å². The van der Waals surface area contributed by atoms with Gasteiger partial charge < -0.3 is 9.67 Å². The highest BCUT2D eigenvalue weighted by Crippen LogP contribution is 2.33. The van der Waals surface area contributed by atoms with Crippen LogP contribution in [0.3, 0.4) is 0 Å². The summed E-state index contributed by atoms with van der Waals surface area (Å²) in [4.78, 5) is 4.29. The quantitative estimate of drug-likeness (QED) is 0.773. The lowest BCUT2D eigenvalue weighted by atomic mass is 10.1. The largest absolute Gasteiger partial charge is 0.392 e. The average Bonchev–Trinajstić information content (AvgIpc) is 2.93. The van der Waals surface area contributed by atoms with Crippen LogP contribution in [0.5, 0.6) is 0 Å². The van der Waals surface area contributed by atoms with Crippen molar-refractivity contribution >= 4 is 0 Å². The molecule has 0 aromatic carbocycles. The van der Waals surface area contributed by atoms with Gasteiger partial charge in [0.2, 0.25) is 0 Å². The summed E-state index contributed by atoms with van der Waals surface area (Å²) in [6.07, 6.45) is 7.86. The Kier molecular flexibility index (Phi) is 2.87. The first kappa shape index (κ1) is 9.71. The predicted molar refractivity (Wildman–Crippen MR) is 55.0 cm³/mol. The smallest absolute Gasteiger partial charge is 0.111 e. The molecule has 1 saturated carbocycles.